The van der Waals surface area contributed by atoms with Gasteiger partial charge in [0, 0.05) is 32.4 Å². The SMILES string of the molecule is CC(=O)N1CCC[C@H]2N(C(=O)c3cccnc3)CCC[C@@]21C. The third kappa shape index (κ3) is 2.38. The second kappa shape index (κ2) is 5.71. The van der Waals surface area contributed by atoms with Gasteiger partial charge >= 0.3 is 0 Å². The van der Waals surface area contributed by atoms with Gasteiger partial charge in [-0.2, -0.15) is 0 Å². The molecule has 3 rings (SSSR count). The van der Waals surface area contributed by atoms with Gasteiger partial charge in [0.15, 0.2) is 0 Å². The van der Waals surface area contributed by atoms with Crippen LogP contribution in [-0.2, 0) is 4.79 Å². The molecule has 0 radical (unpaired) electrons. The molecule has 1 aromatic rings. The van der Waals surface area contributed by atoms with Gasteiger partial charge in [-0.05, 0) is 44.7 Å². The maximum atomic E-state index is 12.9. The highest BCUT2D eigenvalue weighted by Gasteiger charge is 2.49. The number of likely N-dealkylation sites (tertiary alicyclic amines) is 2. The number of carbonyl (C=O) groups excluding carboxylic acids is 2. The predicted molar refractivity (Wildman–Crippen MR) is 83.3 cm³/mol. The summed E-state index contributed by atoms with van der Waals surface area (Å²) in [5.41, 5.74) is 0.395. The maximum Gasteiger partial charge on any atom is 0.255 e. The Labute approximate surface area is 131 Å². The second-order valence-electron chi connectivity index (χ2n) is 6.53. The number of amides is 2. The summed E-state index contributed by atoms with van der Waals surface area (Å²) in [6.45, 7) is 5.34. The van der Waals surface area contributed by atoms with Gasteiger partial charge in [-0.15, -0.1) is 0 Å². The Hall–Kier alpha value is -1.91. The fraction of sp³-hybridized carbons (Fsp3) is 0.588. The first kappa shape index (κ1) is 15.0. The molecule has 2 aliphatic rings. The van der Waals surface area contributed by atoms with Gasteiger partial charge in [0.1, 0.15) is 0 Å². The van der Waals surface area contributed by atoms with E-state index in [0.29, 0.717) is 5.56 Å². The van der Waals surface area contributed by atoms with E-state index in [-0.39, 0.29) is 23.4 Å². The molecule has 0 saturated carbocycles. The molecule has 0 N–H and O–H groups in total. The minimum Gasteiger partial charge on any atom is -0.335 e. The molecule has 2 aliphatic heterocycles. The van der Waals surface area contributed by atoms with Crippen LogP contribution >= 0.6 is 0 Å². The highest BCUT2D eigenvalue weighted by molar-refractivity contribution is 5.94. The van der Waals surface area contributed by atoms with Gasteiger partial charge in [-0.1, -0.05) is 0 Å². The van der Waals surface area contributed by atoms with E-state index in [1.54, 1.807) is 25.4 Å². The monoisotopic (exact) mass is 301 g/mol. The van der Waals surface area contributed by atoms with Crippen LogP contribution in [-0.4, -0.2) is 51.3 Å². The van der Waals surface area contributed by atoms with Crippen LogP contribution in [0.3, 0.4) is 0 Å². The number of aromatic nitrogens is 1. The molecule has 2 saturated heterocycles. The van der Waals surface area contributed by atoms with Gasteiger partial charge in [0.25, 0.3) is 5.91 Å². The van der Waals surface area contributed by atoms with Crippen LogP contribution in [0, 0.1) is 0 Å². The summed E-state index contributed by atoms with van der Waals surface area (Å²) >= 11 is 0. The van der Waals surface area contributed by atoms with Gasteiger partial charge in [0.05, 0.1) is 17.1 Å². The van der Waals surface area contributed by atoms with Crippen LogP contribution in [0.1, 0.15) is 49.9 Å². The van der Waals surface area contributed by atoms with E-state index in [1.807, 2.05) is 15.9 Å². The van der Waals surface area contributed by atoms with E-state index in [9.17, 15) is 9.59 Å². The molecule has 0 unspecified atom stereocenters. The van der Waals surface area contributed by atoms with Crippen molar-refractivity contribution in [2.45, 2.75) is 51.1 Å². The molecule has 2 amide bonds. The zero-order valence-electron chi connectivity index (χ0n) is 13.3. The second-order valence-corrected chi connectivity index (χ2v) is 6.53. The Balaban J connectivity index is 1.90. The highest BCUT2D eigenvalue weighted by Crippen LogP contribution is 2.39. The van der Waals surface area contributed by atoms with Crippen LogP contribution in [0.2, 0.25) is 0 Å². The van der Waals surface area contributed by atoms with Crippen LogP contribution in [0.4, 0.5) is 0 Å². The normalized spacial score (nSPS) is 28.2. The van der Waals surface area contributed by atoms with Crippen molar-refractivity contribution < 1.29 is 9.59 Å². The molecule has 2 atom stereocenters. The number of piperidine rings is 2. The highest BCUT2D eigenvalue weighted by atomic mass is 16.2. The van der Waals surface area contributed by atoms with Crippen molar-refractivity contribution in [2.24, 2.45) is 0 Å². The van der Waals surface area contributed by atoms with Gasteiger partial charge in [-0.3, -0.25) is 14.6 Å². The Morgan fingerprint density at radius 1 is 1.32 bits per heavy atom. The predicted octanol–water partition coefficient (Wildman–Crippen LogP) is 2.09. The number of carbonyl (C=O) groups is 2. The number of rotatable bonds is 1. The van der Waals surface area contributed by atoms with Crippen LogP contribution < -0.4 is 0 Å². The van der Waals surface area contributed by atoms with E-state index in [1.165, 1.54) is 0 Å². The summed E-state index contributed by atoms with van der Waals surface area (Å²) in [4.78, 5) is 32.9. The molecular weight excluding hydrogens is 278 g/mol. The molecule has 0 aromatic carbocycles. The quantitative estimate of drug-likeness (QED) is 0.798. The van der Waals surface area contributed by atoms with Crippen LogP contribution in [0.25, 0.3) is 0 Å². The number of pyridine rings is 1. The largest absolute Gasteiger partial charge is 0.335 e. The summed E-state index contributed by atoms with van der Waals surface area (Å²) in [7, 11) is 0. The van der Waals surface area contributed by atoms with E-state index >= 15 is 0 Å². The zero-order chi connectivity index (χ0) is 15.7. The maximum absolute atomic E-state index is 12.9. The summed E-state index contributed by atoms with van der Waals surface area (Å²) < 4.78 is 0. The van der Waals surface area contributed by atoms with E-state index in [0.717, 1.165) is 38.8 Å². The summed E-state index contributed by atoms with van der Waals surface area (Å²) in [6, 6.07) is 3.71. The lowest BCUT2D eigenvalue weighted by Crippen LogP contribution is -2.67. The minimum atomic E-state index is -0.236. The molecule has 5 nitrogen and oxygen atoms in total. The lowest BCUT2D eigenvalue weighted by molar-refractivity contribution is -0.143. The molecule has 0 bridgehead atoms. The smallest absolute Gasteiger partial charge is 0.255 e. The van der Waals surface area contributed by atoms with Gasteiger partial charge in [-0.25, -0.2) is 0 Å². The molecule has 22 heavy (non-hydrogen) atoms. The lowest BCUT2D eigenvalue weighted by Gasteiger charge is -2.56. The van der Waals surface area contributed by atoms with Gasteiger partial charge in [0.2, 0.25) is 5.91 Å². The van der Waals surface area contributed by atoms with E-state index in [4.69, 9.17) is 0 Å². The van der Waals surface area contributed by atoms with Gasteiger partial charge < -0.3 is 9.80 Å². The van der Waals surface area contributed by atoms with Crippen molar-refractivity contribution in [1.82, 2.24) is 14.8 Å². The zero-order valence-corrected chi connectivity index (χ0v) is 13.3. The fourth-order valence-electron chi connectivity index (χ4n) is 4.16. The first-order valence-electron chi connectivity index (χ1n) is 8.03. The Morgan fingerprint density at radius 3 is 2.82 bits per heavy atom. The van der Waals surface area contributed by atoms with Crippen LogP contribution in [0.15, 0.2) is 24.5 Å². The van der Waals surface area contributed by atoms with Crippen molar-refractivity contribution in [3.05, 3.63) is 30.1 Å². The molecule has 118 valence electrons. The lowest BCUT2D eigenvalue weighted by atomic mass is 9.76. The number of nitrogens with zero attached hydrogens (tertiary/aromatic N) is 3. The molecule has 3 heterocycles. The third-order valence-electron chi connectivity index (χ3n) is 5.20. The molecule has 5 heteroatoms. The van der Waals surface area contributed by atoms with E-state index in [2.05, 4.69) is 11.9 Å². The van der Waals surface area contributed by atoms with Crippen molar-refractivity contribution in [3.8, 4) is 0 Å². The molecule has 2 fully saturated rings. The number of fused-ring (bicyclic) bond motifs is 1. The average Bonchev–Trinajstić information content (AvgIpc) is 2.53. The molecule has 0 aliphatic carbocycles. The fourth-order valence-corrected chi connectivity index (χ4v) is 4.16. The first-order valence-corrected chi connectivity index (χ1v) is 8.03. The summed E-state index contributed by atoms with van der Waals surface area (Å²) in [5, 5.41) is 0. The molecule has 1 aromatic heterocycles. The molecule has 0 spiro atoms. The average molecular weight is 301 g/mol. The topological polar surface area (TPSA) is 53.5 Å². The van der Waals surface area contributed by atoms with Crippen molar-refractivity contribution in [2.75, 3.05) is 13.1 Å². The number of hydrogen-bond donors (Lipinski definition) is 0. The Kier molecular flexibility index (Phi) is 3.89. The standard InChI is InChI=1S/C17H23N3O2/c1-13(21)20-11-4-7-15-17(20,2)8-5-10-19(15)16(22)14-6-3-9-18-12-14/h3,6,9,12,15H,4-5,7-8,10-11H2,1-2H3/t15-,17+/m1/s1. The van der Waals surface area contributed by atoms with Crippen LogP contribution in [0.5, 0.6) is 0 Å². The van der Waals surface area contributed by atoms with Crippen molar-refractivity contribution in [3.63, 3.8) is 0 Å². The third-order valence-corrected chi connectivity index (χ3v) is 5.20. The summed E-state index contributed by atoms with van der Waals surface area (Å²) in [6.07, 6.45) is 7.12. The number of hydrogen-bond acceptors (Lipinski definition) is 3. The summed E-state index contributed by atoms with van der Waals surface area (Å²) in [5.74, 6) is 0.150. The van der Waals surface area contributed by atoms with Crippen molar-refractivity contribution >= 4 is 11.8 Å². The Bertz CT molecular complexity index is 575. The van der Waals surface area contributed by atoms with Crippen molar-refractivity contribution in [1.29, 1.82) is 0 Å². The Morgan fingerprint density at radius 2 is 2.14 bits per heavy atom. The van der Waals surface area contributed by atoms with E-state index < -0.39 is 0 Å². The molecular formula is C17H23N3O2. The first-order chi connectivity index (χ1) is 10.5. The minimum absolute atomic E-state index is 0.0365.